The minimum atomic E-state index is -0.833. The molecule has 0 heterocycles. The largest absolute Gasteiger partial charge is 0.481 e. The van der Waals surface area contributed by atoms with Crippen LogP contribution in [-0.2, 0) is 9.53 Å². The Kier molecular flexibility index (Phi) is 9.29. The molecule has 0 saturated carbocycles. The first kappa shape index (κ1) is 11.3. The molecule has 0 saturated heterocycles. The zero-order valence-corrected chi connectivity index (χ0v) is 6.34. The summed E-state index contributed by atoms with van der Waals surface area (Å²) in [6.07, 6.45) is 0.384. The molecule has 0 spiro atoms. The van der Waals surface area contributed by atoms with Crippen molar-refractivity contribution in [2.45, 2.75) is 26.9 Å². The third-order valence-electron chi connectivity index (χ3n) is 0.471. The molecule has 0 fully saturated rings. The number of carbonyl (C=O) groups is 1. The van der Waals surface area contributed by atoms with Crippen LogP contribution < -0.4 is 0 Å². The van der Waals surface area contributed by atoms with Crippen LogP contribution in [-0.4, -0.2) is 24.3 Å². The standard InChI is InChI=1S/C4H10O.C2H4O2/c1-4(2)5-3;1-2(3)4/h4H,1-3H3;1H3,(H,3,4). The summed E-state index contributed by atoms with van der Waals surface area (Å²) < 4.78 is 4.75. The van der Waals surface area contributed by atoms with Gasteiger partial charge in [0.15, 0.2) is 0 Å². The Morgan fingerprint density at radius 3 is 1.67 bits per heavy atom. The minimum absolute atomic E-state index is 0.384. The van der Waals surface area contributed by atoms with E-state index in [1.807, 2.05) is 13.8 Å². The molecule has 9 heavy (non-hydrogen) atoms. The van der Waals surface area contributed by atoms with Crippen molar-refractivity contribution in [2.24, 2.45) is 0 Å². The number of carboxylic acids is 1. The number of ether oxygens (including phenoxy) is 1. The van der Waals surface area contributed by atoms with E-state index in [0.717, 1.165) is 6.92 Å². The highest BCUT2D eigenvalue weighted by molar-refractivity contribution is 5.62. The van der Waals surface area contributed by atoms with Crippen molar-refractivity contribution in [2.75, 3.05) is 7.11 Å². The van der Waals surface area contributed by atoms with Gasteiger partial charge in [-0.1, -0.05) is 0 Å². The van der Waals surface area contributed by atoms with Gasteiger partial charge >= 0.3 is 0 Å². The van der Waals surface area contributed by atoms with Crippen molar-refractivity contribution >= 4 is 5.97 Å². The molecule has 0 aliphatic rings. The summed E-state index contributed by atoms with van der Waals surface area (Å²) in [5.41, 5.74) is 0. The van der Waals surface area contributed by atoms with Gasteiger partial charge in [0.2, 0.25) is 0 Å². The fourth-order valence-corrected chi connectivity index (χ4v) is 0. The van der Waals surface area contributed by atoms with Crippen molar-refractivity contribution in [3.05, 3.63) is 0 Å². The fraction of sp³-hybridized carbons (Fsp3) is 0.833. The number of hydrogen-bond acceptors (Lipinski definition) is 2. The number of carboxylic acid groups (broad SMARTS) is 1. The molecule has 0 aliphatic carbocycles. The van der Waals surface area contributed by atoms with Crippen molar-refractivity contribution < 1.29 is 14.6 Å². The van der Waals surface area contributed by atoms with Gasteiger partial charge in [-0.05, 0) is 13.8 Å². The van der Waals surface area contributed by atoms with Gasteiger partial charge in [0.1, 0.15) is 0 Å². The average molecular weight is 134 g/mol. The molecule has 0 aromatic rings. The van der Waals surface area contributed by atoms with E-state index in [1.54, 1.807) is 7.11 Å². The van der Waals surface area contributed by atoms with Gasteiger partial charge in [0.05, 0.1) is 6.10 Å². The van der Waals surface area contributed by atoms with Gasteiger partial charge in [0.25, 0.3) is 5.97 Å². The molecular weight excluding hydrogens is 120 g/mol. The first-order valence-electron chi connectivity index (χ1n) is 2.73. The predicted octanol–water partition coefficient (Wildman–Crippen LogP) is 1.13. The summed E-state index contributed by atoms with van der Waals surface area (Å²) in [6, 6.07) is 0. The highest BCUT2D eigenvalue weighted by Gasteiger charge is 1.78. The lowest BCUT2D eigenvalue weighted by atomic mass is 10.5. The zero-order chi connectivity index (χ0) is 7.86. The van der Waals surface area contributed by atoms with Crippen LogP contribution in [0.15, 0.2) is 0 Å². The summed E-state index contributed by atoms with van der Waals surface area (Å²) in [4.78, 5) is 9.00. The Balaban J connectivity index is 0. The summed E-state index contributed by atoms with van der Waals surface area (Å²) in [5, 5.41) is 7.42. The number of aliphatic carboxylic acids is 1. The van der Waals surface area contributed by atoms with Gasteiger partial charge in [-0.15, -0.1) is 0 Å². The highest BCUT2D eigenvalue weighted by Crippen LogP contribution is 1.77. The monoisotopic (exact) mass is 134 g/mol. The van der Waals surface area contributed by atoms with Gasteiger partial charge in [-0.3, -0.25) is 4.79 Å². The Labute approximate surface area is 55.6 Å². The van der Waals surface area contributed by atoms with E-state index < -0.39 is 5.97 Å². The van der Waals surface area contributed by atoms with E-state index in [9.17, 15) is 0 Å². The quantitative estimate of drug-likeness (QED) is 0.584. The van der Waals surface area contributed by atoms with E-state index in [1.165, 1.54) is 0 Å². The Hall–Kier alpha value is -0.570. The van der Waals surface area contributed by atoms with E-state index in [0.29, 0.717) is 6.10 Å². The first-order valence-corrected chi connectivity index (χ1v) is 2.73. The smallest absolute Gasteiger partial charge is 0.300 e. The third-order valence-corrected chi connectivity index (χ3v) is 0.471. The van der Waals surface area contributed by atoms with Crippen molar-refractivity contribution in [1.29, 1.82) is 0 Å². The second-order valence-electron chi connectivity index (χ2n) is 1.80. The maximum Gasteiger partial charge on any atom is 0.300 e. The molecule has 0 unspecified atom stereocenters. The number of rotatable bonds is 1. The Morgan fingerprint density at radius 1 is 1.56 bits per heavy atom. The second-order valence-corrected chi connectivity index (χ2v) is 1.80. The SMILES string of the molecule is CC(=O)O.COC(C)C. The molecule has 0 aromatic heterocycles. The molecule has 0 amide bonds. The average Bonchev–Trinajstić information content (AvgIpc) is 1.65. The number of hydrogen-bond donors (Lipinski definition) is 1. The maximum absolute atomic E-state index is 9.00. The molecule has 0 radical (unpaired) electrons. The lowest BCUT2D eigenvalue weighted by Gasteiger charge is -1.94. The van der Waals surface area contributed by atoms with Crippen LogP contribution in [0.25, 0.3) is 0 Å². The molecule has 0 aromatic carbocycles. The fourth-order valence-electron chi connectivity index (χ4n) is 0. The van der Waals surface area contributed by atoms with E-state index in [4.69, 9.17) is 14.6 Å². The molecule has 56 valence electrons. The Bertz CT molecular complexity index is 64.7. The van der Waals surface area contributed by atoms with Gasteiger partial charge in [0, 0.05) is 14.0 Å². The zero-order valence-electron chi connectivity index (χ0n) is 6.34. The van der Waals surface area contributed by atoms with Gasteiger partial charge in [-0.25, -0.2) is 0 Å². The molecule has 3 heteroatoms. The lowest BCUT2D eigenvalue weighted by Crippen LogP contribution is -1.94. The maximum atomic E-state index is 9.00. The van der Waals surface area contributed by atoms with Gasteiger partial charge < -0.3 is 9.84 Å². The van der Waals surface area contributed by atoms with Crippen LogP contribution in [0.3, 0.4) is 0 Å². The molecular formula is C6H14O3. The van der Waals surface area contributed by atoms with Crippen LogP contribution in [0.5, 0.6) is 0 Å². The molecule has 3 nitrogen and oxygen atoms in total. The van der Waals surface area contributed by atoms with Crippen LogP contribution in [0.1, 0.15) is 20.8 Å². The van der Waals surface area contributed by atoms with Crippen LogP contribution in [0.4, 0.5) is 0 Å². The summed E-state index contributed by atoms with van der Waals surface area (Å²) in [5.74, 6) is -0.833. The predicted molar refractivity (Wildman–Crippen MR) is 35.5 cm³/mol. The van der Waals surface area contributed by atoms with Crippen molar-refractivity contribution in [3.63, 3.8) is 0 Å². The highest BCUT2D eigenvalue weighted by atomic mass is 16.5. The third kappa shape index (κ3) is 107. The molecule has 0 rings (SSSR count). The molecule has 0 aliphatic heterocycles. The van der Waals surface area contributed by atoms with Crippen molar-refractivity contribution in [1.82, 2.24) is 0 Å². The molecule has 1 N–H and O–H groups in total. The van der Waals surface area contributed by atoms with Crippen LogP contribution >= 0.6 is 0 Å². The minimum Gasteiger partial charge on any atom is -0.481 e. The van der Waals surface area contributed by atoms with Gasteiger partial charge in [-0.2, -0.15) is 0 Å². The molecule has 0 atom stereocenters. The Morgan fingerprint density at radius 2 is 1.67 bits per heavy atom. The summed E-state index contributed by atoms with van der Waals surface area (Å²) in [7, 11) is 1.70. The lowest BCUT2D eigenvalue weighted by molar-refractivity contribution is -0.134. The number of methoxy groups -OCH3 is 1. The van der Waals surface area contributed by atoms with Crippen LogP contribution in [0.2, 0.25) is 0 Å². The topological polar surface area (TPSA) is 46.5 Å². The summed E-state index contributed by atoms with van der Waals surface area (Å²) in [6.45, 7) is 5.08. The van der Waals surface area contributed by atoms with Crippen LogP contribution in [0, 0.1) is 0 Å². The van der Waals surface area contributed by atoms with E-state index in [2.05, 4.69) is 0 Å². The van der Waals surface area contributed by atoms with E-state index in [-0.39, 0.29) is 0 Å². The van der Waals surface area contributed by atoms with E-state index >= 15 is 0 Å². The second kappa shape index (κ2) is 7.43. The normalized spacial score (nSPS) is 8.11. The summed E-state index contributed by atoms with van der Waals surface area (Å²) >= 11 is 0. The first-order chi connectivity index (χ1) is 4.00. The van der Waals surface area contributed by atoms with Crippen molar-refractivity contribution in [3.8, 4) is 0 Å². The molecule has 0 bridgehead atoms.